The Morgan fingerprint density at radius 1 is 0.977 bits per heavy atom. The van der Waals surface area contributed by atoms with Gasteiger partial charge in [0.25, 0.3) is 0 Å². The summed E-state index contributed by atoms with van der Waals surface area (Å²) in [7, 11) is 4.01. The van der Waals surface area contributed by atoms with Crippen LogP contribution in [0.4, 0.5) is 13.2 Å². The Kier molecular flexibility index (Phi) is 10.3. The average Bonchev–Trinajstić information content (AvgIpc) is 3.73. The molecule has 0 radical (unpaired) electrons. The maximum absolute atomic E-state index is 13.4. The zero-order valence-corrected chi connectivity index (χ0v) is 25.0. The van der Waals surface area contributed by atoms with E-state index in [4.69, 9.17) is 9.47 Å². The molecule has 3 aromatic carbocycles. The normalized spacial score (nSPS) is 13.3. The van der Waals surface area contributed by atoms with Gasteiger partial charge in [0.2, 0.25) is 0 Å². The quantitative estimate of drug-likeness (QED) is 0.157. The van der Waals surface area contributed by atoms with Gasteiger partial charge in [-0.05, 0) is 80.2 Å². The monoisotopic (exact) mass is 616 g/mol. The number of para-hydroxylation sites is 1. The van der Waals surface area contributed by atoms with Crippen LogP contribution in [-0.4, -0.2) is 54.4 Å². The summed E-state index contributed by atoms with van der Waals surface area (Å²) in [5.74, 6) is 0.729. The lowest BCUT2D eigenvalue weighted by molar-refractivity contribution is -0.137. The fraction of sp³-hybridized carbons (Fsp3) is 0.364. The molecule has 0 saturated heterocycles. The first-order valence-corrected chi connectivity index (χ1v) is 14.1. The highest BCUT2D eigenvalue weighted by atomic mass is 35.5. The third-order valence-electron chi connectivity index (χ3n) is 7.40. The number of benzene rings is 3. The smallest absolute Gasteiger partial charge is 0.416 e. The predicted molar refractivity (Wildman–Crippen MR) is 163 cm³/mol. The third-order valence-corrected chi connectivity index (χ3v) is 7.40. The Bertz CT molecular complexity index is 1560. The van der Waals surface area contributed by atoms with Gasteiger partial charge in [-0.2, -0.15) is 13.2 Å². The van der Waals surface area contributed by atoms with Crippen molar-refractivity contribution in [1.29, 1.82) is 0 Å². The van der Waals surface area contributed by atoms with Crippen LogP contribution in [0.3, 0.4) is 0 Å². The van der Waals surface area contributed by atoms with E-state index in [0.29, 0.717) is 52.7 Å². The number of carbonyl (C=O) groups is 1. The highest BCUT2D eigenvalue weighted by molar-refractivity contribution is 5.98. The van der Waals surface area contributed by atoms with Crippen LogP contribution < -0.4 is 9.47 Å². The molecule has 0 atom stereocenters. The van der Waals surface area contributed by atoms with Crippen LogP contribution in [0.25, 0.3) is 10.9 Å². The summed E-state index contributed by atoms with van der Waals surface area (Å²) in [4.78, 5) is 14.8. The molecule has 5 rings (SSSR count). The Morgan fingerprint density at radius 3 is 2.37 bits per heavy atom. The molecule has 1 fully saturated rings. The Morgan fingerprint density at radius 2 is 1.70 bits per heavy atom. The second-order valence-corrected chi connectivity index (χ2v) is 11.2. The number of ether oxygens (including phenoxy) is 2. The SMILES string of the molecule is CN(C)CCCOc1cc(Cn2c(C(=O)O)c(Cc3cccc(C(F)(F)F)c3)c3ccccc32)cc(OCC2CC2)c1.Cl. The van der Waals surface area contributed by atoms with Crippen molar-refractivity contribution in [3.8, 4) is 11.5 Å². The van der Waals surface area contributed by atoms with Crippen molar-refractivity contribution in [2.24, 2.45) is 5.92 Å². The second-order valence-electron chi connectivity index (χ2n) is 11.2. The van der Waals surface area contributed by atoms with E-state index in [0.717, 1.165) is 43.5 Å². The molecule has 6 nitrogen and oxygen atoms in total. The molecular weight excluding hydrogens is 581 g/mol. The molecule has 0 spiro atoms. The minimum absolute atomic E-state index is 0. The molecule has 43 heavy (non-hydrogen) atoms. The van der Waals surface area contributed by atoms with Crippen molar-refractivity contribution in [2.45, 2.75) is 38.4 Å². The zero-order chi connectivity index (χ0) is 29.9. The highest BCUT2D eigenvalue weighted by Crippen LogP contribution is 2.34. The lowest BCUT2D eigenvalue weighted by atomic mass is 10.00. The molecule has 0 bridgehead atoms. The molecule has 4 aromatic rings. The minimum atomic E-state index is -4.49. The van der Waals surface area contributed by atoms with Gasteiger partial charge < -0.3 is 24.0 Å². The standard InChI is InChI=1S/C33H35F3N2O4.ClH/c1-37(2)13-6-14-41-26-16-24(17-27(19-26)42-21-22-11-12-22)20-38-30-10-4-3-9-28(30)29(31(38)32(39)40)18-23-7-5-8-25(15-23)33(34,35)36;/h3-5,7-10,15-17,19,22H,6,11-14,18,20-21H2,1-2H3,(H,39,40);1H. The fourth-order valence-electron chi connectivity index (χ4n) is 5.17. The van der Waals surface area contributed by atoms with Crippen molar-refractivity contribution in [2.75, 3.05) is 33.9 Å². The molecule has 10 heteroatoms. The van der Waals surface area contributed by atoms with E-state index in [9.17, 15) is 23.1 Å². The number of rotatable bonds is 13. The summed E-state index contributed by atoms with van der Waals surface area (Å²) in [5, 5.41) is 11.1. The summed E-state index contributed by atoms with van der Waals surface area (Å²) >= 11 is 0. The first kappa shape index (κ1) is 32.2. The van der Waals surface area contributed by atoms with E-state index >= 15 is 0 Å². The summed E-state index contributed by atoms with van der Waals surface area (Å²) in [6.45, 7) is 2.26. The third kappa shape index (κ3) is 8.24. The first-order chi connectivity index (χ1) is 20.1. The first-order valence-electron chi connectivity index (χ1n) is 14.1. The fourth-order valence-corrected chi connectivity index (χ4v) is 5.17. The molecule has 0 unspecified atom stereocenters. The van der Waals surface area contributed by atoms with Gasteiger partial charge in [0.1, 0.15) is 17.2 Å². The Labute approximate surface area is 255 Å². The van der Waals surface area contributed by atoms with Crippen molar-refractivity contribution < 1.29 is 32.5 Å². The van der Waals surface area contributed by atoms with Crippen LogP contribution in [0, 0.1) is 5.92 Å². The largest absolute Gasteiger partial charge is 0.493 e. The summed E-state index contributed by atoms with van der Waals surface area (Å²) in [6.07, 6.45) is -1.29. The van der Waals surface area contributed by atoms with E-state index in [1.807, 2.05) is 50.5 Å². The number of fused-ring (bicyclic) bond motifs is 1. The van der Waals surface area contributed by atoms with Gasteiger partial charge in [-0.1, -0.05) is 36.4 Å². The number of aromatic carboxylic acids is 1. The van der Waals surface area contributed by atoms with Gasteiger partial charge in [0, 0.05) is 36.5 Å². The summed E-state index contributed by atoms with van der Waals surface area (Å²) in [6, 6.07) is 18.0. The Hall–Kier alpha value is -3.69. The number of hydrogen-bond donors (Lipinski definition) is 1. The van der Waals surface area contributed by atoms with Gasteiger partial charge in [-0.15, -0.1) is 12.4 Å². The van der Waals surface area contributed by atoms with E-state index in [2.05, 4.69) is 4.90 Å². The molecule has 1 N–H and O–H groups in total. The van der Waals surface area contributed by atoms with E-state index in [-0.39, 0.29) is 31.1 Å². The van der Waals surface area contributed by atoms with Crippen LogP contribution in [-0.2, 0) is 19.1 Å². The predicted octanol–water partition coefficient (Wildman–Crippen LogP) is 7.54. The van der Waals surface area contributed by atoms with Gasteiger partial charge in [-0.3, -0.25) is 0 Å². The molecule has 1 aliphatic carbocycles. The van der Waals surface area contributed by atoms with E-state index in [1.165, 1.54) is 6.07 Å². The molecule has 1 heterocycles. The number of nitrogens with zero attached hydrogens (tertiary/aromatic N) is 2. The molecule has 0 aliphatic heterocycles. The number of carboxylic acids is 1. The number of hydrogen-bond acceptors (Lipinski definition) is 4. The van der Waals surface area contributed by atoms with Crippen molar-refractivity contribution >= 4 is 29.3 Å². The van der Waals surface area contributed by atoms with Crippen LogP contribution >= 0.6 is 12.4 Å². The number of aromatic nitrogens is 1. The van der Waals surface area contributed by atoms with Gasteiger partial charge in [-0.25, -0.2) is 4.79 Å². The molecule has 1 aliphatic rings. The molecular formula is C33H36ClF3N2O4. The number of halogens is 4. The van der Waals surface area contributed by atoms with Crippen molar-refractivity contribution in [3.05, 3.63) is 94.7 Å². The zero-order valence-electron chi connectivity index (χ0n) is 24.2. The number of carboxylic acid groups (broad SMARTS) is 1. The maximum atomic E-state index is 13.4. The second kappa shape index (κ2) is 13.7. The van der Waals surface area contributed by atoms with Gasteiger partial charge >= 0.3 is 12.1 Å². The maximum Gasteiger partial charge on any atom is 0.416 e. The van der Waals surface area contributed by atoms with Gasteiger partial charge in [0.15, 0.2) is 0 Å². The Balaban J connectivity index is 0.00000423. The van der Waals surface area contributed by atoms with Gasteiger partial charge in [0.05, 0.1) is 18.8 Å². The van der Waals surface area contributed by atoms with Crippen LogP contribution in [0.15, 0.2) is 66.7 Å². The summed E-state index contributed by atoms with van der Waals surface area (Å²) in [5.41, 5.74) is 1.64. The van der Waals surface area contributed by atoms with E-state index < -0.39 is 17.7 Å². The van der Waals surface area contributed by atoms with E-state index in [1.54, 1.807) is 16.7 Å². The summed E-state index contributed by atoms with van der Waals surface area (Å²) < 4.78 is 54.0. The molecule has 0 amide bonds. The highest BCUT2D eigenvalue weighted by Gasteiger charge is 2.31. The lowest BCUT2D eigenvalue weighted by Crippen LogP contribution is -2.15. The molecule has 230 valence electrons. The van der Waals surface area contributed by atoms with Crippen LogP contribution in [0.2, 0.25) is 0 Å². The lowest BCUT2D eigenvalue weighted by Gasteiger charge is -2.15. The topological polar surface area (TPSA) is 63.9 Å². The molecule has 1 saturated carbocycles. The molecule has 1 aromatic heterocycles. The average molecular weight is 617 g/mol. The minimum Gasteiger partial charge on any atom is -0.493 e. The van der Waals surface area contributed by atoms with Crippen LogP contribution in [0.1, 0.15) is 52.0 Å². The number of alkyl halides is 3. The van der Waals surface area contributed by atoms with Crippen molar-refractivity contribution in [3.63, 3.8) is 0 Å². The van der Waals surface area contributed by atoms with Crippen LogP contribution in [0.5, 0.6) is 11.5 Å². The van der Waals surface area contributed by atoms with Crippen molar-refractivity contribution in [1.82, 2.24) is 9.47 Å².